The highest BCUT2D eigenvalue weighted by Crippen LogP contribution is 2.36. The Kier molecular flexibility index (Phi) is 5.93. The van der Waals surface area contributed by atoms with E-state index in [1.165, 1.54) is 41.7 Å². The molecule has 0 unspecified atom stereocenters. The van der Waals surface area contributed by atoms with Gasteiger partial charge in [-0.2, -0.15) is 0 Å². The smallest absolute Gasteiger partial charge is 0.118 e. The fraction of sp³-hybridized carbons (Fsp3) is 0.412. The van der Waals surface area contributed by atoms with Gasteiger partial charge in [0.15, 0.2) is 0 Å². The molecule has 0 atom stereocenters. The molecule has 0 spiro atoms. The van der Waals surface area contributed by atoms with E-state index in [0.717, 1.165) is 16.5 Å². The lowest BCUT2D eigenvalue weighted by atomic mass is 10.1. The molecule has 1 heterocycles. The highest BCUT2D eigenvalue weighted by Gasteiger charge is 2.09. The third kappa shape index (κ3) is 4.00. The number of benzene rings is 1. The van der Waals surface area contributed by atoms with Gasteiger partial charge in [0.2, 0.25) is 0 Å². The van der Waals surface area contributed by atoms with Gasteiger partial charge in [-0.15, -0.1) is 11.3 Å². The highest BCUT2D eigenvalue weighted by atomic mass is 35.5. The highest BCUT2D eigenvalue weighted by molar-refractivity contribution is 7.19. The summed E-state index contributed by atoms with van der Waals surface area (Å²) in [7, 11) is 1.69. The molecular formula is C17H21ClOS. The van der Waals surface area contributed by atoms with Gasteiger partial charge in [0, 0.05) is 4.88 Å². The molecular weight excluding hydrogens is 288 g/mol. The van der Waals surface area contributed by atoms with Crippen LogP contribution in [0.4, 0.5) is 0 Å². The maximum Gasteiger partial charge on any atom is 0.118 e. The zero-order valence-corrected chi connectivity index (χ0v) is 13.7. The maximum atomic E-state index is 6.36. The van der Waals surface area contributed by atoms with E-state index in [0.29, 0.717) is 0 Å². The summed E-state index contributed by atoms with van der Waals surface area (Å²) in [5, 5.41) is 0. The molecule has 0 saturated heterocycles. The second-order valence-corrected chi connectivity index (χ2v) is 6.60. The molecule has 0 bridgehead atoms. The molecule has 0 N–H and O–H groups in total. The van der Waals surface area contributed by atoms with Crippen LogP contribution in [-0.4, -0.2) is 7.11 Å². The van der Waals surface area contributed by atoms with Crippen molar-refractivity contribution in [2.75, 3.05) is 7.11 Å². The number of rotatable bonds is 7. The van der Waals surface area contributed by atoms with Gasteiger partial charge < -0.3 is 4.74 Å². The maximum absolute atomic E-state index is 6.36. The monoisotopic (exact) mass is 308 g/mol. The molecule has 0 fully saturated rings. The number of methoxy groups -OCH3 is 1. The summed E-state index contributed by atoms with van der Waals surface area (Å²) in [4.78, 5) is 1.24. The summed E-state index contributed by atoms with van der Waals surface area (Å²) in [5.74, 6) is 0.885. The number of unbranched alkanes of at least 4 members (excludes halogenated alkanes) is 3. The number of thiophene rings is 1. The first-order valence-electron chi connectivity index (χ1n) is 7.17. The third-order valence-corrected chi connectivity index (χ3v) is 4.92. The molecule has 0 amide bonds. The summed E-state index contributed by atoms with van der Waals surface area (Å²) in [6, 6.07) is 10.4. The van der Waals surface area contributed by atoms with Gasteiger partial charge in [-0.05, 0) is 54.3 Å². The van der Waals surface area contributed by atoms with Gasteiger partial charge >= 0.3 is 0 Å². The predicted molar refractivity (Wildman–Crippen MR) is 89.2 cm³/mol. The lowest BCUT2D eigenvalue weighted by Gasteiger charge is -2.01. The molecule has 3 heteroatoms. The first-order chi connectivity index (χ1) is 9.74. The van der Waals surface area contributed by atoms with E-state index in [1.54, 1.807) is 18.4 Å². The van der Waals surface area contributed by atoms with Crippen molar-refractivity contribution in [3.63, 3.8) is 0 Å². The minimum atomic E-state index is 0.885. The van der Waals surface area contributed by atoms with Crippen LogP contribution in [0.1, 0.15) is 38.2 Å². The molecule has 108 valence electrons. The van der Waals surface area contributed by atoms with Crippen molar-refractivity contribution in [1.82, 2.24) is 0 Å². The Bertz CT molecular complexity index is 530. The molecule has 20 heavy (non-hydrogen) atoms. The van der Waals surface area contributed by atoms with Crippen LogP contribution >= 0.6 is 22.9 Å². The van der Waals surface area contributed by atoms with E-state index in [9.17, 15) is 0 Å². The van der Waals surface area contributed by atoms with Crippen LogP contribution in [0.2, 0.25) is 4.34 Å². The van der Waals surface area contributed by atoms with Gasteiger partial charge in [0.1, 0.15) is 5.75 Å². The molecule has 0 aliphatic rings. The first-order valence-corrected chi connectivity index (χ1v) is 8.36. The standard InChI is InChI=1S/C17H21ClOS/c1-3-4-5-6-7-14-12-16(20-17(14)18)13-8-10-15(19-2)11-9-13/h8-12H,3-7H2,1-2H3. The van der Waals surface area contributed by atoms with Crippen LogP contribution < -0.4 is 4.74 Å². The number of hydrogen-bond donors (Lipinski definition) is 0. The Morgan fingerprint density at radius 1 is 1.10 bits per heavy atom. The molecule has 1 aromatic carbocycles. The van der Waals surface area contributed by atoms with E-state index < -0.39 is 0 Å². The Balaban J connectivity index is 2.05. The van der Waals surface area contributed by atoms with E-state index >= 15 is 0 Å². The van der Waals surface area contributed by atoms with Crippen molar-refractivity contribution in [3.8, 4) is 16.2 Å². The molecule has 2 rings (SSSR count). The Hall–Kier alpha value is -0.990. The van der Waals surface area contributed by atoms with Crippen molar-refractivity contribution in [3.05, 3.63) is 40.2 Å². The van der Waals surface area contributed by atoms with E-state index in [-0.39, 0.29) is 0 Å². The van der Waals surface area contributed by atoms with Crippen LogP contribution in [0, 0.1) is 0 Å². The fourth-order valence-electron chi connectivity index (χ4n) is 2.22. The minimum Gasteiger partial charge on any atom is -0.497 e. The molecule has 1 nitrogen and oxygen atoms in total. The topological polar surface area (TPSA) is 9.23 Å². The summed E-state index contributed by atoms with van der Waals surface area (Å²) in [5.41, 5.74) is 2.50. The van der Waals surface area contributed by atoms with Gasteiger partial charge in [-0.25, -0.2) is 0 Å². The second kappa shape index (κ2) is 7.70. The molecule has 0 radical (unpaired) electrons. The predicted octanol–water partition coefficient (Wildman–Crippen LogP) is 6.20. The van der Waals surface area contributed by atoms with Crippen LogP contribution in [0.3, 0.4) is 0 Å². The average molecular weight is 309 g/mol. The zero-order valence-electron chi connectivity index (χ0n) is 12.1. The number of halogens is 1. The fourth-order valence-corrected chi connectivity index (χ4v) is 3.56. The Labute approximate surface area is 130 Å². The summed E-state index contributed by atoms with van der Waals surface area (Å²) in [6.45, 7) is 2.24. The number of aryl methyl sites for hydroxylation is 1. The van der Waals surface area contributed by atoms with Crippen LogP contribution in [0.5, 0.6) is 5.75 Å². The zero-order chi connectivity index (χ0) is 14.4. The van der Waals surface area contributed by atoms with Gasteiger partial charge in [0.25, 0.3) is 0 Å². The lowest BCUT2D eigenvalue weighted by molar-refractivity contribution is 0.415. The number of hydrogen-bond acceptors (Lipinski definition) is 2. The normalized spacial score (nSPS) is 10.8. The SMILES string of the molecule is CCCCCCc1cc(-c2ccc(OC)cc2)sc1Cl. The second-order valence-electron chi connectivity index (χ2n) is 4.95. The molecule has 0 aliphatic heterocycles. The molecule has 0 aliphatic carbocycles. The Morgan fingerprint density at radius 3 is 2.50 bits per heavy atom. The van der Waals surface area contributed by atoms with E-state index in [4.69, 9.17) is 16.3 Å². The van der Waals surface area contributed by atoms with Crippen LogP contribution in [0.15, 0.2) is 30.3 Å². The minimum absolute atomic E-state index is 0.885. The average Bonchev–Trinajstić information content (AvgIpc) is 2.85. The largest absolute Gasteiger partial charge is 0.497 e. The van der Waals surface area contributed by atoms with Crippen LogP contribution in [0.25, 0.3) is 10.4 Å². The quantitative estimate of drug-likeness (QED) is 0.553. The van der Waals surface area contributed by atoms with Gasteiger partial charge in [0.05, 0.1) is 11.4 Å². The summed E-state index contributed by atoms with van der Waals surface area (Å²) in [6.07, 6.45) is 6.19. The van der Waals surface area contributed by atoms with Crippen molar-refractivity contribution in [2.45, 2.75) is 39.0 Å². The van der Waals surface area contributed by atoms with Crippen molar-refractivity contribution in [1.29, 1.82) is 0 Å². The first kappa shape index (κ1) is 15.4. The van der Waals surface area contributed by atoms with Gasteiger partial charge in [-0.1, -0.05) is 37.8 Å². The van der Waals surface area contributed by atoms with Crippen molar-refractivity contribution < 1.29 is 4.74 Å². The van der Waals surface area contributed by atoms with Crippen molar-refractivity contribution >= 4 is 22.9 Å². The molecule has 1 aromatic heterocycles. The molecule has 0 saturated carbocycles. The summed E-state index contributed by atoms with van der Waals surface area (Å²) >= 11 is 8.03. The third-order valence-electron chi connectivity index (χ3n) is 3.43. The molecule has 2 aromatic rings. The van der Waals surface area contributed by atoms with Crippen molar-refractivity contribution in [2.24, 2.45) is 0 Å². The van der Waals surface area contributed by atoms with E-state index in [1.807, 2.05) is 12.1 Å². The van der Waals surface area contributed by atoms with E-state index in [2.05, 4.69) is 25.1 Å². The Morgan fingerprint density at radius 2 is 1.85 bits per heavy atom. The lowest BCUT2D eigenvalue weighted by Crippen LogP contribution is -1.83. The van der Waals surface area contributed by atoms with Gasteiger partial charge in [-0.3, -0.25) is 0 Å². The number of ether oxygens (including phenoxy) is 1. The van der Waals surface area contributed by atoms with Crippen LogP contribution in [-0.2, 0) is 6.42 Å². The summed E-state index contributed by atoms with van der Waals surface area (Å²) < 4.78 is 6.12.